The number of rotatable bonds is 8. The van der Waals surface area contributed by atoms with Crippen LogP contribution in [0, 0.1) is 6.92 Å². The molecule has 1 fully saturated rings. The van der Waals surface area contributed by atoms with Crippen LogP contribution >= 0.6 is 0 Å². The number of carbonyl (C=O) groups is 1. The van der Waals surface area contributed by atoms with E-state index in [0.717, 1.165) is 28.3 Å². The van der Waals surface area contributed by atoms with Gasteiger partial charge in [-0.1, -0.05) is 0 Å². The Morgan fingerprint density at radius 1 is 1.13 bits per heavy atom. The van der Waals surface area contributed by atoms with Gasteiger partial charge in [0.25, 0.3) is 0 Å². The molecule has 31 heavy (non-hydrogen) atoms. The number of carbonyl (C=O) groups excluding carboxylic acids is 1. The van der Waals surface area contributed by atoms with Crippen molar-refractivity contribution >= 4 is 5.91 Å². The number of hydrogen-bond acceptors (Lipinski definition) is 6. The Labute approximate surface area is 184 Å². The summed E-state index contributed by atoms with van der Waals surface area (Å²) in [6, 6.07) is 5.85. The summed E-state index contributed by atoms with van der Waals surface area (Å²) in [6.45, 7) is 8.79. The summed E-state index contributed by atoms with van der Waals surface area (Å²) in [5.41, 5.74) is 3.09. The SMILES string of the molecule is COc1cc(COC2CN(Cc3cn(C)nc3C)CC(=O)N(C(C)C)C2)cc(OC)c1. The van der Waals surface area contributed by atoms with Crippen molar-refractivity contribution in [3.8, 4) is 11.5 Å². The third-order valence-electron chi connectivity index (χ3n) is 5.57. The van der Waals surface area contributed by atoms with Gasteiger partial charge in [-0.2, -0.15) is 5.10 Å². The van der Waals surface area contributed by atoms with Gasteiger partial charge in [-0.15, -0.1) is 0 Å². The number of hydrogen-bond donors (Lipinski definition) is 0. The standard InChI is InChI=1S/C23H34N4O4/c1-16(2)27-13-22(31-15-18-7-20(29-5)9-21(8-18)30-6)12-26(14-23(27)28)11-19-10-25(4)24-17(19)3/h7-10,16,22H,11-15H2,1-6H3. The molecule has 0 N–H and O–H groups in total. The normalized spacial score (nSPS) is 17.8. The lowest BCUT2D eigenvalue weighted by atomic mass is 10.2. The lowest BCUT2D eigenvalue weighted by Crippen LogP contribution is -2.42. The van der Waals surface area contributed by atoms with Crippen LogP contribution in [0.2, 0.25) is 0 Å². The van der Waals surface area contributed by atoms with Crippen LogP contribution in [0.15, 0.2) is 24.4 Å². The number of benzene rings is 1. The number of aryl methyl sites for hydroxylation is 2. The van der Waals surface area contributed by atoms with Crippen molar-refractivity contribution in [1.29, 1.82) is 0 Å². The van der Waals surface area contributed by atoms with Crippen molar-refractivity contribution in [2.24, 2.45) is 7.05 Å². The third kappa shape index (κ3) is 5.98. The van der Waals surface area contributed by atoms with Gasteiger partial charge < -0.3 is 19.1 Å². The molecule has 1 aromatic carbocycles. The molecule has 0 aliphatic carbocycles. The zero-order valence-corrected chi connectivity index (χ0v) is 19.4. The highest BCUT2D eigenvalue weighted by Crippen LogP contribution is 2.24. The minimum absolute atomic E-state index is 0.108. The highest BCUT2D eigenvalue weighted by atomic mass is 16.5. The van der Waals surface area contributed by atoms with E-state index in [9.17, 15) is 4.79 Å². The Balaban J connectivity index is 1.75. The maximum atomic E-state index is 12.9. The van der Waals surface area contributed by atoms with E-state index in [1.165, 1.54) is 0 Å². The fourth-order valence-electron chi connectivity index (χ4n) is 3.95. The van der Waals surface area contributed by atoms with E-state index in [-0.39, 0.29) is 18.1 Å². The Hall–Kier alpha value is -2.58. The Kier molecular flexibility index (Phi) is 7.56. The molecule has 1 atom stereocenters. The second kappa shape index (κ2) is 10.2. The minimum Gasteiger partial charge on any atom is -0.497 e. The molecule has 0 spiro atoms. The number of methoxy groups -OCH3 is 2. The molecule has 1 unspecified atom stereocenters. The molecule has 1 aromatic heterocycles. The van der Waals surface area contributed by atoms with Gasteiger partial charge in [0.15, 0.2) is 0 Å². The summed E-state index contributed by atoms with van der Waals surface area (Å²) in [6.07, 6.45) is 1.91. The van der Waals surface area contributed by atoms with Crippen molar-refractivity contribution in [1.82, 2.24) is 19.6 Å². The molecule has 0 radical (unpaired) electrons. The molecule has 1 aliphatic rings. The van der Waals surface area contributed by atoms with Gasteiger partial charge in [-0.05, 0) is 38.5 Å². The number of ether oxygens (including phenoxy) is 3. The second-order valence-electron chi connectivity index (χ2n) is 8.38. The van der Waals surface area contributed by atoms with E-state index >= 15 is 0 Å². The van der Waals surface area contributed by atoms with Crippen LogP contribution in [0.25, 0.3) is 0 Å². The van der Waals surface area contributed by atoms with Crippen LogP contribution in [-0.2, 0) is 29.7 Å². The van der Waals surface area contributed by atoms with Crippen molar-refractivity contribution in [2.75, 3.05) is 33.9 Å². The molecule has 8 nitrogen and oxygen atoms in total. The first-order valence-electron chi connectivity index (χ1n) is 10.6. The van der Waals surface area contributed by atoms with Crippen LogP contribution < -0.4 is 9.47 Å². The number of aromatic nitrogens is 2. The number of nitrogens with zero attached hydrogens (tertiary/aromatic N) is 4. The van der Waals surface area contributed by atoms with E-state index in [0.29, 0.717) is 32.8 Å². The van der Waals surface area contributed by atoms with E-state index in [1.807, 2.05) is 61.8 Å². The summed E-state index contributed by atoms with van der Waals surface area (Å²) in [7, 11) is 5.18. The molecule has 2 aromatic rings. The maximum absolute atomic E-state index is 12.9. The van der Waals surface area contributed by atoms with Crippen molar-refractivity contribution in [3.63, 3.8) is 0 Å². The Bertz CT molecular complexity index is 873. The third-order valence-corrected chi connectivity index (χ3v) is 5.57. The van der Waals surface area contributed by atoms with Gasteiger partial charge in [0.1, 0.15) is 11.5 Å². The van der Waals surface area contributed by atoms with Crippen LogP contribution in [0.3, 0.4) is 0 Å². The van der Waals surface area contributed by atoms with E-state index in [1.54, 1.807) is 14.2 Å². The molecule has 0 saturated carbocycles. The fraction of sp³-hybridized carbons (Fsp3) is 0.565. The molecular weight excluding hydrogens is 396 g/mol. The first kappa shape index (κ1) is 23.1. The molecule has 0 bridgehead atoms. The molecule has 8 heteroatoms. The topological polar surface area (TPSA) is 69.1 Å². The zero-order chi connectivity index (χ0) is 22.5. The molecule has 1 saturated heterocycles. The Morgan fingerprint density at radius 3 is 2.35 bits per heavy atom. The highest BCUT2D eigenvalue weighted by molar-refractivity contribution is 5.79. The van der Waals surface area contributed by atoms with Crippen LogP contribution in [0.1, 0.15) is 30.7 Å². The summed E-state index contributed by atoms with van der Waals surface area (Å²) in [5, 5.41) is 4.43. The molecule has 1 amide bonds. The number of amides is 1. The predicted molar refractivity (Wildman–Crippen MR) is 118 cm³/mol. The predicted octanol–water partition coefficient (Wildman–Crippen LogP) is 2.38. The molecule has 3 rings (SSSR count). The quantitative estimate of drug-likeness (QED) is 0.641. The summed E-state index contributed by atoms with van der Waals surface area (Å²) in [4.78, 5) is 17.0. The molecule has 170 valence electrons. The largest absolute Gasteiger partial charge is 0.497 e. The maximum Gasteiger partial charge on any atom is 0.237 e. The fourth-order valence-corrected chi connectivity index (χ4v) is 3.95. The average molecular weight is 431 g/mol. The van der Waals surface area contributed by atoms with Gasteiger partial charge in [0.2, 0.25) is 5.91 Å². The first-order valence-corrected chi connectivity index (χ1v) is 10.6. The van der Waals surface area contributed by atoms with E-state index < -0.39 is 0 Å². The first-order chi connectivity index (χ1) is 14.8. The average Bonchev–Trinajstić information content (AvgIpc) is 2.95. The van der Waals surface area contributed by atoms with Crippen LogP contribution in [-0.4, -0.2) is 71.5 Å². The van der Waals surface area contributed by atoms with Gasteiger partial charge in [-0.25, -0.2) is 0 Å². The van der Waals surface area contributed by atoms with Gasteiger partial charge in [0.05, 0.1) is 39.2 Å². The summed E-state index contributed by atoms with van der Waals surface area (Å²) in [5.74, 6) is 1.59. The van der Waals surface area contributed by atoms with Gasteiger partial charge in [-0.3, -0.25) is 14.4 Å². The van der Waals surface area contributed by atoms with Crippen LogP contribution in [0.4, 0.5) is 0 Å². The van der Waals surface area contributed by atoms with E-state index in [4.69, 9.17) is 14.2 Å². The summed E-state index contributed by atoms with van der Waals surface area (Å²) < 4.78 is 18.9. The van der Waals surface area contributed by atoms with Crippen molar-refractivity contribution in [3.05, 3.63) is 41.2 Å². The lowest BCUT2D eigenvalue weighted by molar-refractivity contribution is -0.133. The Morgan fingerprint density at radius 2 is 1.81 bits per heavy atom. The highest BCUT2D eigenvalue weighted by Gasteiger charge is 2.30. The van der Waals surface area contributed by atoms with Crippen molar-refractivity contribution in [2.45, 2.75) is 46.1 Å². The second-order valence-corrected chi connectivity index (χ2v) is 8.38. The smallest absolute Gasteiger partial charge is 0.237 e. The van der Waals surface area contributed by atoms with Crippen molar-refractivity contribution < 1.29 is 19.0 Å². The minimum atomic E-state index is -0.108. The lowest BCUT2D eigenvalue weighted by Gasteiger charge is -2.28. The monoisotopic (exact) mass is 430 g/mol. The zero-order valence-electron chi connectivity index (χ0n) is 19.4. The van der Waals surface area contributed by atoms with Crippen LogP contribution in [0.5, 0.6) is 11.5 Å². The molecule has 2 heterocycles. The van der Waals surface area contributed by atoms with Gasteiger partial charge >= 0.3 is 0 Å². The molecular formula is C23H34N4O4. The van der Waals surface area contributed by atoms with E-state index in [2.05, 4.69) is 10.00 Å². The molecule has 1 aliphatic heterocycles. The summed E-state index contributed by atoms with van der Waals surface area (Å²) >= 11 is 0. The van der Waals surface area contributed by atoms with Gasteiger partial charge in [0, 0.05) is 50.6 Å².